The maximum atomic E-state index is 4.34. The van der Waals surface area contributed by atoms with Crippen LogP contribution in [-0.2, 0) is 5.41 Å². The third-order valence-electron chi connectivity index (χ3n) is 5.21. The molecule has 2 heteroatoms. The van der Waals surface area contributed by atoms with Gasteiger partial charge < -0.3 is 0 Å². The molecule has 2 rings (SSSR count). The smallest absolute Gasteiger partial charge is 0.0857 e. The fourth-order valence-electron chi connectivity index (χ4n) is 3.15. The fourth-order valence-corrected chi connectivity index (χ4v) is 3.15. The van der Waals surface area contributed by atoms with Crippen molar-refractivity contribution in [2.75, 3.05) is 0 Å². The lowest BCUT2D eigenvalue weighted by molar-refractivity contribution is 0.230. The van der Waals surface area contributed by atoms with E-state index in [4.69, 9.17) is 0 Å². The van der Waals surface area contributed by atoms with Crippen LogP contribution in [0.3, 0.4) is 0 Å². The summed E-state index contributed by atoms with van der Waals surface area (Å²) >= 11 is 0. The van der Waals surface area contributed by atoms with Crippen molar-refractivity contribution in [3.63, 3.8) is 0 Å². The molecule has 1 atom stereocenters. The summed E-state index contributed by atoms with van der Waals surface area (Å²) in [7, 11) is 0. The number of hydrogen-bond acceptors (Lipinski definition) is 2. The van der Waals surface area contributed by atoms with Gasteiger partial charge in [-0.1, -0.05) is 71.4 Å². The van der Waals surface area contributed by atoms with Crippen LogP contribution in [0.25, 0.3) is 0 Å². The summed E-state index contributed by atoms with van der Waals surface area (Å²) < 4.78 is 0. The molecule has 0 bridgehead atoms. The van der Waals surface area contributed by atoms with E-state index in [-0.39, 0.29) is 5.41 Å². The van der Waals surface area contributed by atoms with E-state index < -0.39 is 0 Å². The number of hydrogen-bond donors (Lipinski definition) is 0. The van der Waals surface area contributed by atoms with E-state index in [0.717, 1.165) is 17.8 Å². The van der Waals surface area contributed by atoms with Crippen molar-refractivity contribution in [2.45, 2.75) is 59.3 Å². The van der Waals surface area contributed by atoms with E-state index in [9.17, 15) is 0 Å². The average Bonchev–Trinajstić information content (AvgIpc) is 2.61. The molecule has 128 valence electrons. The van der Waals surface area contributed by atoms with Crippen LogP contribution in [0.5, 0.6) is 0 Å². The number of azo groups is 1. The fraction of sp³-hybridized carbons (Fsp3) is 0.455. The lowest BCUT2D eigenvalue weighted by atomic mass is 9.68. The highest BCUT2D eigenvalue weighted by atomic mass is 15.1. The second-order valence-electron chi connectivity index (χ2n) is 7.69. The lowest BCUT2D eigenvalue weighted by Crippen LogP contribution is -2.28. The lowest BCUT2D eigenvalue weighted by Gasteiger charge is -2.37. The molecule has 2 aromatic rings. The first-order valence-electron chi connectivity index (χ1n) is 8.96. The van der Waals surface area contributed by atoms with Crippen LogP contribution in [0, 0.1) is 5.41 Å². The van der Waals surface area contributed by atoms with E-state index >= 15 is 0 Å². The highest BCUT2D eigenvalue weighted by molar-refractivity contribution is 5.42. The molecule has 0 aliphatic rings. The van der Waals surface area contributed by atoms with Gasteiger partial charge >= 0.3 is 0 Å². The Morgan fingerprint density at radius 3 is 1.75 bits per heavy atom. The summed E-state index contributed by atoms with van der Waals surface area (Å²) in [5.41, 5.74) is 3.73. The molecule has 0 aliphatic heterocycles. The molecule has 0 saturated carbocycles. The summed E-state index contributed by atoms with van der Waals surface area (Å²) in [4.78, 5) is 0. The molecule has 0 amide bonds. The van der Waals surface area contributed by atoms with Gasteiger partial charge in [-0.15, -0.1) is 0 Å². The standard InChI is InChI=1S/C22H30N2/c1-6-21(3,4)17-22(5,7-2)18-13-15-20(16-14-18)24-23-19-11-9-8-10-12-19/h8-16H,6-7,17H2,1-5H3. The van der Waals surface area contributed by atoms with Crippen molar-refractivity contribution in [2.24, 2.45) is 15.6 Å². The summed E-state index contributed by atoms with van der Waals surface area (Å²) in [6, 6.07) is 18.4. The number of benzene rings is 2. The van der Waals surface area contributed by atoms with Crippen LogP contribution in [0.2, 0.25) is 0 Å². The van der Waals surface area contributed by atoms with Crippen molar-refractivity contribution >= 4 is 11.4 Å². The molecule has 0 heterocycles. The Morgan fingerprint density at radius 2 is 1.25 bits per heavy atom. The molecular formula is C22H30N2. The molecule has 2 aromatic carbocycles. The molecule has 0 N–H and O–H groups in total. The Bertz CT molecular complexity index is 656. The van der Waals surface area contributed by atoms with Gasteiger partial charge in [0.1, 0.15) is 0 Å². The summed E-state index contributed by atoms with van der Waals surface area (Å²) in [5.74, 6) is 0. The zero-order chi connectivity index (χ0) is 17.6. The van der Waals surface area contributed by atoms with Crippen LogP contribution in [0.1, 0.15) is 59.4 Å². The predicted molar refractivity (Wildman–Crippen MR) is 103 cm³/mol. The van der Waals surface area contributed by atoms with E-state index in [2.05, 4.69) is 69.1 Å². The molecule has 2 nitrogen and oxygen atoms in total. The molecule has 0 radical (unpaired) electrons. The summed E-state index contributed by atoms with van der Waals surface area (Å²) in [5, 5.41) is 8.63. The van der Waals surface area contributed by atoms with Crippen molar-refractivity contribution in [1.82, 2.24) is 0 Å². The van der Waals surface area contributed by atoms with Crippen molar-refractivity contribution in [1.29, 1.82) is 0 Å². The van der Waals surface area contributed by atoms with Gasteiger partial charge in [-0.25, -0.2) is 0 Å². The predicted octanol–water partition coefficient (Wildman–Crippen LogP) is 7.60. The number of nitrogens with zero attached hydrogens (tertiary/aromatic N) is 2. The van der Waals surface area contributed by atoms with Gasteiger partial charge in [0.25, 0.3) is 0 Å². The molecule has 0 spiro atoms. The van der Waals surface area contributed by atoms with E-state index in [0.29, 0.717) is 5.41 Å². The van der Waals surface area contributed by atoms with E-state index in [1.807, 2.05) is 30.3 Å². The van der Waals surface area contributed by atoms with Crippen molar-refractivity contribution in [3.8, 4) is 0 Å². The summed E-state index contributed by atoms with van der Waals surface area (Å²) in [6.45, 7) is 11.7. The highest BCUT2D eigenvalue weighted by Crippen LogP contribution is 2.41. The minimum absolute atomic E-state index is 0.203. The molecule has 0 aliphatic carbocycles. The Morgan fingerprint density at radius 1 is 0.708 bits per heavy atom. The van der Waals surface area contributed by atoms with Crippen LogP contribution >= 0.6 is 0 Å². The van der Waals surface area contributed by atoms with Crippen molar-refractivity contribution < 1.29 is 0 Å². The normalized spacial score (nSPS) is 14.7. The highest BCUT2D eigenvalue weighted by Gasteiger charge is 2.31. The van der Waals surface area contributed by atoms with E-state index in [1.54, 1.807) is 0 Å². The molecule has 0 aromatic heterocycles. The van der Waals surface area contributed by atoms with Gasteiger partial charge in [-0.3, -0.25) is 0 Å². The van der Waals surface area contributed by atoms with Crippen LogP contribution in [0.4, 0.5) is 11.4 Å². The van der Waals surface area contributed by atoms with Crippen LogP contribution in [-0.4, -0.2) is 0 Å². The Kier molecular flexibility index (Phi) is 5.93. The second kappa shape index (κ2) is 7.74. The van der Waals surface area contributed by atoms with Gasteiger partial charge in [-0.2, -0.15) is 10.2 Å². The molecule has 24 heavy (non-hydrogen) atoms. The average molecular weight is 322 g/mol. The van der Waals surface area contributed by atoms with Crippen molar-refractivity contribution in [3.05, 3.63) is 60.2 Å². The molecule has 0 fully saturated rings. The largest absolute Gasteiger partial charge is 0.151 e. The zero-order valence-corrected chi connectivity index (χ0v) is 15.7. The first kappa shape index (κ1) is 18.4. The molecule has 0 saturated heterocycles. The van der Waals surface area contributed by atoms with Gasteiger partial charge in [-0.05, 0) is 53.5 Å². The second-order valence-corrected chi connectivity index (χ2v) is 7.69. The molecule has 1 unspecified atom stereocenters. The zero-order valence-electron chi connectivity index (χ0n) is 15.7. The summed E-state index contributed by atoms with van der Waals surface area (Å²) in [6.07, 6.45) is 3.53. The van der Waals surface area contributed by atoms with Crippen LogP contribution < -0.4 is 0 Å². The monoisotopic (exact) mass is 322 g/mol. The van der Waals surface area contributed by atoms with Crippen LogP contribution in [0.15, 0.2) is 64.8 Å². The molecular weight excluding hydrogens is 292 g/mol. The maximum Gasteiger partial charge on any atom is 0.0857 e. The minimum atomic E-state index is 0.203. The van der Waals surface area contributed by atoms with Gasteiger partial charge in [0.2, 0.25) is 0 Å². The van der Waals surface area contributed by atoms with E-state index in [1.165, 1.54) is 18.4 Å². The van der Waals surface area contributed by atoms with Gasteiger partial charge in [0.15, 0.2) is 0 Å². The topological polar surface area (TPSA) is 24.7 Å². The first-order chi connectivity index (χ1) is 11.4. The third-order valence-corrected chi connectivity index (χ3v) is 5.21. The number of rotatable bonds is 7. The Balaban J connectivity index is 2.16. The van der Waals surface area contributed by atoms with Gasteiger partial charge in [0.05, 0.1) is 11.4 Å². The quantitative estimate of drug-likeness (QED) is 0.469. The van der Waals surface area contributed by atoms with Gasteiger partial charge in [0, 0.05) is 0 Å². The SMILES string of the molecule is CCC(C)(C)CC(C)(CC)c1ccc(N=Nc2ccccc2)cc1. The maximum absolute atomic E-state index is 4.34. The minimum Gasteiger partial charge on any atom is -0.151 e. The third kappa shape index (κ3) is 4.77. The Hall–Kier alpha value is -1.96. The Labute approximate surface area is 147 Å². The first-order valence-corrected chi connectivity index (χ1v) is 8.96.